The molecule has 0 fully saturated rings. The zero-order valence-corrected chi connectivity index (χ0v) is 8.36. The lowest BCUT2D eigenvalue weighted by atomic mass is 10.1. The molecular formula is C12H15NO. The molecule has 74 valence electrons. The highest BCUT2D eigenvalue weighted by molar-refractivity contribution is 5.96. The molecule has 1 aromatic rings. The van der Waals surface area contributed by atoms with Crippen LogP contribution in [0.1, 0.15) is 25.3 Å². The summed E-state index contributed by atoms with van der Waals surface area (Å²) >= 11 is 0. The summed E-state index contributed by atoms with van der Waals surface area (Å²) in [5, 5.41) is 0. The summed E-state index contributed by atoms with van der Waals surface area (Å²) in [5.74, 6) is 0.0915. The summed E-state index contributed by atoms with van der Waals surface area (Å²) in [6.45, 7) is 1.98. The number of nitrogens with two attached hydrogens (primary N) is 1. The fourth-order valence-electron chi connectivity index (χ4n) is 1.21. The molecule has 0 radical (unpaired) electrons. The van der Waals surface area contributed by atoms with Crippen molar-refractivity contribution in [3.63, 3.8) is 0 Å². The quantitative estimate of drug-likeness (QED) is 0.739. The molecule has 0 aliphatic heterocycles. The van der Waals surface area contributed by atoms with Crippen LogP contribution in [-0.4, -0.2) is 5.78 Å². The van der Waals surface area contributed by atoms with Crippen LogP contribution < -0.4 is 5.73 Å². The van der Waals surface area contributed by atoms with E-state index in [0.717, 1.165) is 12.0 Å². The summed E-state index contributed by atoms with van der Waals surface area (Å²) < 4.78 is 0. The topological polar surface area (TPSA) is 43.1 Å². The molecule has 1 rings (SSSR count). The van der Waals surface area contributed by atoms with Gasteiger partial charge in [0.2, 0.25) is 0 Å². The SMILES string of the molecule is CCCC(=O)/C=C(\N)c1ccccc1. The van der Waals surface area contributed by atoms with Crippen LogP contribution in [0, 0.1) is 0 Å². The molecule has 2 nitrogen and oxygen atoms in total. The van der Waals surface area contributed by atoms with E-state index in [1.807, 2.05) is 37.3 Å². The van der Waals surface area contributed by atoms with Gasteiger partial charge in [0, 0.05) is 18.2 Å². The van der Waals surface area contributed by atoms with Gasteiger partial charge < -0.3 is 5.73 Å². The second-order valence-electron chi connectivity index (χ2n) is 3.18. The van der Waals surface area contributed by atoms with Crippen molar-refractivity contribution in [2.75, 3.05) is 0 Å². The summed E-state index contributed by atoms with van der Waals surface area (Å²) in [7, 11) is 0. The number of allylic oxidation sites excluding steroid dienone is 1. The summed E-state index contributed by atoms with van der Waals surface area (Å²) in [4.78, 5) is 11.3. The Morgan fingerprint density at radius 1 is 1.36 bits per heavy atom. The minimum atomic E-state index is 0.0915. The maximum atomic E-state index is 11.3. The molecule has 0 aliphatic carbocycles. The lowest BCUT2D eigenvalue weighted by Gasteiger charge is -2.00. The highest BCUT2D eigenvalue weighted by atomic mass is 16.1. The van der Waals surface area contributed by atoms with Crippen molar-refractivity contribution in [2.45, 2.75) is 19.8 Å². The Morgan fingerprint density at radius 2 is 2.00 bits per heavy atom. The van der Waals surface area contributed by atoms with E-state index in [1.54, 1.807) is 0 Å². The Hall–Kier alpha value is -1.57. The molecule has 0 atom stereocenters. The van der Waals surface area contributed by atoms with Crippen LogP contribution in [0.3, 0.4) is 0 Å². The van der Waals surface area contributed by atoms with Gasteiger partial charge in [0.15, 0.2) is 5.78 Å². The van der Waals surface area contributed by atoms with Crippen molar-refractivity contribution in [1.29, 1.82) is 0 Å². The van der Waals surface area contributed by atoms with E-state index >= 15 is 0 Å². The van der Waals surface area contributed by atoms with Gasteiger partial charge in [0.25, 0.3) is 0 Å². The lowest BCUT2D eigenvalue weighted by molar-refractivity contribution is -0.114. The molecule has 1 aromatic carbocycles. The van der Waals surface area contributed by atoms with Crippen LogP contribution in [0.2, 0.25) is 0 Å². The van der Waals surface area contributed by atoms with E-state index in [4.69, 9.17) is 5.73 Å². The lowest BCUT2D eigenvalue weighted by Crippen LogP contribution is -2.01. The van der Waals surface area contributed by atoms with Crippen LogP contribution in [0.25, 0.3) is 5.70 Å². The molecule has 2 heteroatoms. The summed E-state index contributed by atoms with van der Waals surface area (Å²) in [6.07, 6.45) is 2.93. The van der Waals surface area contributed by atoms with Gasteiger partial charge in [-0.1, -0.05) is 37.3 Å². The van der Waals surface area contributed by atoms with Gasteiger partial charge in [0.1, 0.15) is 0 Å². The van der Waals surface area contributed by atoms with Gasteiger partial charge in [-0.25, -0.2) is 0 Å². The average molecular weight is 189 g/mol. The summed E-state index contributed by atoms with van der Waals surface area (Å²) in [6, 6.07) is 9.52. The third-order valence-corrected chi connectivity index (χ3v) is 1.92. The smallest absolute Gasteiger partial charge is 0.157 e. The Kier molecular flexibility index (Phi) is 3.92. The Balaban J connectivity index is 2.75. The van der Waals surface area contributed by atoms with Gasteiger partial charge in [-0.15, -0.1) is 0 Å². The zero-order chi connectivity index (χ0) is 10.4. The number of hydrogen-bond acceptors (Lipinski definition) is 2. The molecule has 0 saturated heterocycles. The van der Waals surface area contributed by atoms with Crippen LogP contribution >= 0.6 is 0 Å². The van der Waals surface area contributed by atoms with Crippen LogP contribution in [0.15, 0.2) is 36.4 Å². The van der Waals surface area contributed by atoms with Crippen LogP contribution in [0.4, 0.5) is 0 Å². The maximum absolute atomic E-state index is 11.3. The largest absolute Gasteiger partial charge is 0.398 e. The van der Waals surface area contributed by atoms with Crippen molar-refractivity contribution >= 4 is 11.5 Å². The molecular weight excluding hydrogens is 174 g/mol. The Morgan fingerprint density at radius 3 is 2.57 bits per heavy atom. The zero-order valence-electron chi connectivity index (χ0n) is 8.36. The summed E-state index contributed by atoms with van der Waals surface area (Å²) in [5.41, 5.74) is 7.21. The molecule has 0 aromatic heterocycles. The van der Waals surface area contributed by atoms with Crippen molar-refractivity contribution in [3.8, 4) is 0 Å². The van der Waals surface area contributed by atoms with Gasteiger partial charge in [0.05, 0.1) is 0 Å². The van der Waals surface area contributed by atoms with E-state index in [0.29, 0.717) is 12.1 Å². The van der Waals surface area contributed by atoms with E-state index in [-0.39, 0.29) is 5.78 Å². The van der Waals surface area contributed by atoms with Crippen LogP contribution in [0.5, 0.6) is 0 Å². The molecule has 2 N–H and O–H groups in total. The first kappa shape index (κ1) is 10.5. The van der Waals surface area contributed by atoms with Crippen molar-refractivity contribution in [3.05, 3.63) is 42.0 Å². The van der Waals surface area contributed by atoms with Gasteiger partial charge in [-0.2, -0.15) is 0 Å². The number of ketones is 1. The number of benzene rings is 1. The first-order valence-corrected chi connectivity index (χ1v) is 4.79. The van der Waals surface area contributed by atoms with Gasteiger partial charge in [-0.3, -0.25) is 4.79 Å². The molecule has 14 heavy (non-hydrogen) atoms. The minimum absolute atomic E-state index is 0.0915. The number of carbonyl (C=O) groups excluding carboxylic acids is 1. The van der Waals surface area contributed by atoms with Crippen molar-refractivity contribution in [2.24, 2.45) is 5.73 Å². The normalized spacial score (nSPS) is 11.4. The average Bonchev–Trinajstić information content (AvgIpc) is 2.19. The molecule has 0 spiro atoms. The predicted octanol–water partition coefficient (Wildman–Crippen LogP) is 2.36. The molecule has 0 aliphatic rings. The van der Waals surface area contributed by atoms with E-state index in [9.17, 15) is 4.79 Å². The van der Waals surface area contributed by atoms with E-state index in [2.05, 4.69) is 0 Å². The number of hydrogen-bond donors (Lipinski definition) is 1. The Labute approximate surface area is 84.4 Å². The first-order valence-electron chi connectivity index (χ1n) is 4.79. The number of carbonyl (C=O) groups is 1. The molecule has 0 amide bonds. The van der Waals surface area contributed by atoms with Crippen molar-refractivity contribution in [1.82, 2.24) is 0 Å². The highest BCUT2D eigenvalue weighted by Gasteiger charge is 1.99. The maximum Gasteiger partial charge on any atom is 0.157 e. The van der Waals surface area contributed by atoms with Crippen LogP contribution in [-0.2, 0) is 4.79 Å². The first-order chi connectivity index (χ1) is 6.74. The minimum Gasteiger partial charge on any atom is -0.398 e. The fraction of sp³-hybridized carbons (Fsp3) is 0.250. The monoisotopic (exact) mass is 189 g/mol. The second-order valence-corrected chi connectivity index (χ2v) is 3.18. The van der Waals surface area contributed by atoms with Crippen molar-refractivity contribution < 1.29 is 4.79 Å². The standard InChI is InChI=1S/C12H15NO/c1-2-6-11(14)9-12(13)10-7-4-3-5-8-10/h3-5,7-9H,2,6,13H2,1H3/b12-9-. The van der Waals surface area contributed by atoms with E-state index < -0.39 is 0 Å². The molecule has 0 heterocycles. The Bertz CT molecular complexity index is 327. The highest BCUT2D eigenvalue weighted by Crippen LogP contribution is 2.08. The third-order valence-electron chi connectivity index (χ3n) is 1.92. The molecule has 0 unspecified atom stereocenters. The number of rotatable bonds is 4. The van der Waals surface area contributed by atoms with E-state index in [1.165, 1.54) is 6.08 Å². The molecule has 0 bridgehead atoms. The fourth-order valence-corrected chi connectivity index (χ4v) is 1.21. The third kappa shape index (κ3) is 3.05. The predicted molar refractivity (Wildman–Crippen MR) is 58.5 cm³/mol. The van der Waals surface area contributed by atoms with Gasteiger partial charge >= 0.3 is 0 Å². The van der Waals surface area contributed by atoms with Gasteiger partial charge in [-0.05, 0) is 12.0 Å². The molecule has 0 saturated carbocycles. The second kappa shape index (κ2) is 5.22.